The largest absolute Gasteiger partial charge is 0.444 e. The highest BCUT2D eigenvalue weighted by molar-refractivity contribution is 5.67. The van der Waals surface area contributed by atoms with E-state index in [0.717, 1.165) is 12.1 Å². The van der Waals surface area contributed by atoms with Gasteiger partial charge >= 0.3 is 6.09 Å². The smallest absolute Gasteiger partial charge is 0.407 e. The third-order valence-corrected chi connectivity index (χ3v) is 2.46. The lowest BCUT2D eigenvalue weighted by atomic mass is 10.0. The first-order valence-corrected chi connectivity index (χ1v) is 6.27. The molecule has 0 aliphatic heterocycles. The first-order chi connectivity index (χ1) is 9.61. The van der Waals surface area contributed by atoms with E-state index >= 15 is 0 Å². The molecule has 1 unspecified atom stereocenters. The molecule has 0 saturated carbocycles. The number of rotatable bonds is 4. The van der Waals surface area contributed by atoms with Crippen molar-refractivity contribution in [3.8, 4) is 0 Å². The number of nitrogens with zero attached hydrogens (tertiary/aromatic N) is 1. The van der Waals surface area contributed by atoms with Gasteiger partial charge in [0.05, 0.1) is 16.5 Å². The van der Waals surface area contributed by atoms with E-state index in [2.05, 4.69) is 5.32 Å². The van der Waals surface area contributed by atoms with E-state index in [1.54, 1.807) is 20.8 Å². The van der Waals surface area contributed by atoms with Gasteiger partial charge in [-0.05, 0) is 26.8 Å². The van der Waals surface area contributed by atoms with Crippen molar-refractivity contribution in [3.63, 3.8) is 0 Å². The highest BCUT2D eigenvalue weighted by Crippen LogP contribution is 2.26. The standard InChI is InChI=1S/C13H18FN3O4/c1-13(2,3)21-12(18)16-7-9(15)11-8(14)5-4-6-10(11)17(19)20/h4-6,9H,7,15H2,1-3H3,(H,16,18). The maximum atomic E-state index is 13.7. The first kappa shape index (κ1) is 16.8. The normalized spacial score (nSPS) is 12.6. The van der Waals surface area contributed by atoms with E-state index in [-0.39, 0.29) is 12.1 Å². The third kappa shape index (κ3) is 4.99. The molecule has 0 aromatic heterocycles. The number of ether oxygens (including phenoxy) is 1. The Hall–Kier alpha value is -2.22. The summed E-state index contributed by atoms with van der Waals surface area (Å²) in [5.74, 6) is -0.789. The van der Waals surface area contributed by atoms with Crippen LogP contribution in [-0.4, -0.2) is 23.2 Å². The van der Waals surface area contributed by atoms with Crippen molar-refractivity contribution in [2.75, 3.05) is 6.54 Å². The van der Waals surface area contributed by atoms with E-state index < -0.39 is 34.2 Å². The summed E-state index contributed by atoms with van der Waals surface area (Å²) in [6.07, 6.45) is -0.725. The summed E-state index contributed by atoms with van der Waals surface area (Å²) < 4.78 is 18.7. The fourth-order valence-corrected chi connectivity index (χ4v) is 1.66. The number of carbonyl (C=O) groups excluding carboxylic acids is 1. The van der Waals surface area contributed by atoms with Crippen LogP contribution in [0.4, 0.5) is 14.9 Å². The van der Waals surface area contributed by atoms with E-state index in [1.165, 1.54) is 6.07 Å². The minimum Gasteiger partial charge on any atom is -0.444 e. The Bertz CT molecular complexity index is 543. The zero-order valence-corrected chi connectivity index (χ0v) is 12.1. The summed E-state index contributed by atoms with van der Waals surface area (Å²) in [4.78, 5) is 21.6. The highest BCUT2D eigenvalue weighted by atomic mass is 19.1. The molecule has 1 amide bonds. The van der Waals surface area contributed by atoms with Crippen LogP contribution < -0.4 is 11.1 Å². The molecular weight excluding hydrogens is 281 g/mol. The predicted molar refractivity (Wildman–Crippen MR) is 74.2 cm³/mol. The fraction of sp³-hybridized carbons (Fsp3) is 0.462. The van der Waals surface area contributed by atoms with Crippen LogP contribution >= 0.6 is 0 Å². The van der Waals surface area contributed by atoms with E-state index in [4.69, 9.17) is 10.5 Å². The molecule has 0 bridgehead atoms. The van der Waals surface area contributed by atoms with Crippen molar-refractivity contribution >= 4 is 11.8 Å². The van der Waals surface area contributed by atoms with Crippen molar-refractivity contribution < 1.29 is 18.8 Å². The number of benzene rings is 1. The molecule has 1 aromatic rings. The fourth-order valence-electron chi connectivity index (χ4n) is 1.66. The molecule has 116 valence electrons. The van der Waals surface area contributed by atoms with Gasteiger partial charge in [-0.15, -0.1) is 0 Å². The number of nitrogens with one attached hydrogen (secondary N) is 1. The number of hydrogen-bond acceptors (Lipinski definition) is 5. The molecule has 0 spiro atoms. The van der Waals surface area contributed by atoms with E-state index in [0.29, 0.717) is 0 Å². The lowest BCUT2D eigenvalue weighted by molar-refractivity contribution is -0.385. The van der Waals surface area contributed by atoms with E-state index in [1.807, 2.05) is 0 Å². The van der Waals surface area contributed by atoms with Gasteiger partial charge in [0.2, 0.25) is 0 Å². The Balaban J connectivity index is 2.79. The second-order valence-electron chi connectivity index (χ2n) is 5.42. The number of amides is 1. The van der Waals surface area contributed by atoms with Gasteiger partial charge in [0.1, 0.15) is 11.4 Å². The summed E-state index contributed by atoms with van der Waals surface area (Å²) in [6, 6.07) is 2.41. The van der Waals surface area contributed by atoms with Crippen LogP contribution in [0.1, 0.15) is 32.4 Å². The van der Waals surface area contributed by atoms with Crippen LogP contribution in [0, 0.1) is 15.9 Å². The summed E-state index contributed by atoms with van der Waals surface area (Å²) in [6.45, 7) is 4.88. The number of carbonyl (C=O) groups is 1. The molecule has 0 saturated heterocycles. The van der Waals surface area contributed by atoms with Crippen LogP contribution in [0.15, 0.2) is 18.2 Å². The topological polar surface area (TPSA) is 107 Å². The van der Waals surface area contributed by atoms with Gasteiger partial charge in [-0.2, -0.15) is 0 Å². The molecule has 1 rings (SSSR count). The van der Waals surface area contributed by atoms with Crippen LogP contribution in [0.5, 0.6) is 0 Å². The monoisotopic (exact) mass is 299 g/mol. The van der Waals surface area contributed by atoms with Gasteiger partial charge in [-0.3, -0.25) is 10.1 Å². The van der Waals surface area contributed by atoms with Crippen molar-refractivity contribution in [1.82, 2.24) is 5.32 Å². The van der Waals surface area contributed by atoms with Crippen molar-refractivity contribution in [3.05, 3.63) is 39.7 Å². The summed E-state index contributed by atoms with van der Waals surface area (Å²) in [5, 5.41) is 13.2. The quantitative estimate of drug-likeness (QED) is 0.655. The zero-order chi connectivity index (χ0) is 16.2. The van der Waals surface area contributed by atoms with Gasteiger partial charge in [-0.25, -0.2) is 9.18 Å². The van der Waals surface area contributed by atoms with Gasteiger partial charge in [0.25, 0.3) is 5.69 Å². The Labute approximate surface area is 121 Å². The second-order valence-corrected chi connectivity index (χ2v) is 5.42. The Morgan fingerprint density at radius 3 is 2.67 bits per heavy atom. The number of hydrogen-bond donors (Lipinski definition) is 2. The average Bonchev–Trinajstić information content (AvgIpc) is 2.33. The zero-order valence-electron chi connectivity index (χ0n) is 12.1. The number of nitro benzene ring substituents is 1. The van der Waals surface area contributed by atoms with Crippen LogP contribution in [0.2, 0.25) is 0 Å². The minimum atomic E-state index is -1.06. The molecule has 0 aliphatic carbocycles. The molecular formula is C13H18FN3O4. The van der Waals surface area contributed by atoms with Crippen molar-refractivity contribution in [2.24, 2.45) is 5.73 Å². The number of nitrogens with two attached hydrogens (primary N) is 1. The molecule has 1 aromatic carbocycles. The summed E-state index contributed by atoms with van der Waals surface area (Å²) >= 11 is 0. The second kappa shape index (κ2) is 6.49. The number of nitro groups is 1. The predicted octanol–water partition coefficient (Wildman–Crippen LogP) is 2.26. The maximum absolute atomic E-state index is 13.7. The SMILES string of the molecule is CC(C)(C)OC(=O)NCC(N)c1c(F)cccc1[N+](=O)[O-]. The molecule has 0 radical (unpaired) electrons. The molecule has 0 heterocycles. The van der Waals surface area contributed by atoms with Crippen molar-refractivity contribution in [1.29, 1.82) is 0 Å². The number of halogens is 1. The molecule has 1 atom stereocenters. The lowest BCUT2D eigenvalue weighted by Crippen LogP contribution is -2.37. The summed E-state index contributed by atoms with van der Waals surface area (Å²) in [7, 11) is 0. The van der Waals surface area contributed by atoms with E-state index in [9.17, 15) is 19.3 Å². The molecule has 7 nitrogen and oxygen atoms in total. The first-order valence-electron chi connectivity index (χ1n) is 6.27. The lowest BCUT2D eigenvalue weighted by Gasteiger charge is -2.21. The Morgan fingerprint density at radius 1 is 1.52 bits per heavy atom. The average molecular weight is 299 g/mol. The third-order valence-electron chi connectivity index (χ3n) is 2.46. The van der Waals surface area contributed by atoms with Crippen molar-refractivity contribution in [2.45, 2.75) is 32.4 Å². The molecule has 3 N–H and O–H groups in total. The molecule has 0 fully saturated rings. The summed E-state index contributed by atoms with van der Waals surface area (Å²) in [5.41, 5.74) is 4.38. The van der Waals surface area contributed by atoms with Gasteiger partial charge in [-0.1, -0.05) is 6.07 Å². The Morgan fingerprint density at radius 2 is 2.14 bits per heavy atom. The van der Waals surface area contributed by atoms with Crippen LogP contribution in [-0.2, 0) is 4.74 Å². The van der Waals surface area contributed by atoms with Crippen LogP contribution in [0.3, 0.4) is 0 Å². The van der Waals surface area contributed by atoms with Gasteiger partial charge in [0.15, 0.2) is 0 Å². The van der Waals surface area contributed by atoms with Gasteiger partial charge < -0.3 is 15.8 Å². The Kier molecular flexibility index (Phi) is 5.20. The molecule has 8 heteroatoms. The maximum Gasteiger partial charge on any atom is 0.407 e. The van der Waals surface area contributed by atoms with Crippen LogP contribution in [0.25, 0.3) is 0 Å². The molecule has 21 heavy (non-hydrogen) atoms. The molecule has 0 aliphatic rings. The number of alkyl carbamates (subject to hydrolysis) is 1. The minimum absolute atomic E-state index is 0.184. The highest BCUT2D eigenvalue weighted by Gasteiger charge is 2.24. The van der Waals surface area contributed by atoms with Gasteiger partial charge in [0, 0.05) is 12.6 Å².